The highest BCUT2D eigenvalue weighted by Crippen LogP contribution is 2.34. The van der Waals surface area contributed by atoms with Crippen LogP contribution < -0.4 is 15.4 Å². The summed E-state index contributed by atoms with van der Waals surface area (Å²) in [5, 5.41) is 11.0. The standard InChI is InChI=1S/C19H25N5O2.2ClH/c1-12-18(19(24(2)23-12)26-16-4-3-7-20-11-16)22-17(25)10-13-8-14-5-6-15(9-13)21-14;;/h3-4,7,11,13-15,21H,5-6,8-10H2,1-2H3,(H,22,25);2*1H. The Morgan fingerprint density at radius 3 is 2.68 bits per heavy atom. The summed E-state index contributed by atoms with van der Waals surface area (Å²) in [5.74, 6) is 1.62. The van der Waals surface area contributed by atoms with Gasteiger partial charge in [0.05, 0.1) is 11.9 Å². The number of hydrogen-bond donors (Lipinski definition) is 2. The molecule has 1 amide bonds. The number of anilines is 1. The molecule has 2 bridgehead atoms. The summed E-state index contributed by atoms with van der Waals surface area (Å²) < 4.78 is 7.55. The fraction of sp³-hybridized carbons (Fsp3) is 0.526. The van der Waals surface area contributed by atoms with Crippen LogP contribution in [0.3, 0.4) is 0 Å². The van der Waals surface area contributed by atoms with E-state index in [2.05, 4.69) is 20.7 Å². The van der Waals surface area contributed by atoms with Gasteiger partial charge in [0, 0.05) is 31.7 Å². The summed E-state index contributed by atoms with van der Waals surface area (Å²) in [6, 6.07) is 4.82. The molecule has 0 aliphatic carbocycles. The van der Waals surface area contributed by atoms with Crippen LogP contribution >= 0.6 is 24.8 Å². The van der Waals surface area contributed by atoms with E-state index in [9.17, 15) is 4.79 Å². The highest BCUT2D eigenvalue weighted by atomic mass is 35.5. The lowest BCUT2D eigenvalue weighted by atomic mass is 9.89. The summed E-state index contributed by atoms with van der Waals surface area (Å²) in [4.78, 5) is 16.7. The zero-order chi connectivity index (χ0) is 18.1. The number of rotatable bonds is 5. The number of fused-ring (bicyclic) bond motifs is 2. The Labute approximate surface area is 177 Å². The van der Waals surface area contributed by atoms with Crippen molar-refractivity contribution in [2.24, 2.45) is 13.0 Å². The van der Waals surface area contributed by atoms with Gasteiger partial charge in [-0.3, -0.25) is 9.78 Å². The third-order valence-electron chi connectivity index (χ3n) is 5.33. The molecule has 4 rings (SSSR count). The number of amides is 1. The smallest absolute Gasteiger partial charge is 0.241 e. The summed E-state index contributed by atoms with van der Waals surface area (Å²) >= 11 is 0. The number of hydrogen-bond acceptors (Lipinski definition) is 5. The molecule has 0 radical (unpaired) electrons. The largest absolute Gasteiger partial charge is 0.436 e. The van der Waals surface area contributed by atoms with Gasteiger partial charge in [-0.1, -0.05) is 0 Å². The van der Waals surface area contributed by atoms with Crippen LogP contribution in [0.5, 0.6) is 11.6 Å². The SMILES string of the molecule is Cc1nn(C)c(Oc2cccnc2)c1NC(=O)CC1CC2CCC(C1)N2.Cl.Cl. The first-order chi connectivity index (χ1) is 12.6. The van der Waals surface area contributed by atoms with Crippen molar-refractivity contribution in [3.63, 3.8) is 0 Å². The van der Waals surface area contributed by atoms with Crippen LogP contribution in [0.2, 0.25) is 0 Å². The molecule has 0 saturated carbocycles. The summed E-state index contributed by atoms with van der Waals surface area (Å²) in [6.45, 7) is 1.87. The Morgan fingerprint density at radius 2 is 2.04 bits per heavy atom. The number of halogens is 2. The van der Waals surface area contributed by atoms with E-state index < -0.39 is 0 Å². The topological polar surface area (TPSA) is 81.1 Å². The molecule has 0 aromatic carbocycles. The minimum Gasteiger partial charge on any atom is -0.436 e. The fourth-order valence-electron chi connectivity index (χ4n) is 4.21. The number of aryl methyl sites for hydroxylation is 2. The maximum Gasteiger partial charge on any atom is 0.241 e. The maximum absolute atomic E-state index is 12.6. The minimum atomic E-state index is 0. The Balaban J connectivity index is 0.00000140. The zero-order valence-corrected chi connectivity index (χ0v) is 17.7. The molecule has 9 heteroatoms. The lowest BCUT2D eigenvalue weighted by Gasteiger charge is -2.28. The van der Waals surface area contributed by atoms with Gasteiger partial charge in [-0.15, -0.1) is 24.8 Å². The maximum atomic E-state index is 12.6. The molecule has 2 atom stereocenters. The van der Waals surface area contributed by atoms with Gasteiger partial charge < -0.3 is 15.4 Å². The van der Waals surface area contributed by atoms with Gasteiger partial charge >= 0.3 is 0 Å². The molecular weight excluding hydrogens is 401 g/mol. The summed E-state index contributed by atoms with van der Waals surface area (Å²) in [6.07, 6.45) is 8.55. The summed E-state index contributed by atoms with van der Waals surface area (Å²) in [7, 11) is 1.80. The van der Waals surface area contributed by atoms with Crippen LogP contribution in [0, 0.1) is 12.8 Å². The lowest BCUT2D eigenvalue weighted by molar-refractivity contribution is -0.117. The molecule has 2 unspecified atom stereocenters. The van der Waals surface area contributed by atoms with Gasteiger partial charge in [0.1, 0.15) is 11.4 Å². The van der Waals surface area contributed by atoms with E-state index in [-0.39, 0.29) is 30.7 Å². The number of piperidine rings is 1. The molecule has 2 N–H and O–H groups in total. The normalized spacial score (nSPS) is 22.7. The van der Waals surface area contributed by atoms with E-state index in [0.29, 0.717) is 41.7 Å². The highest BCUT2D eigenvalue weighted by Gasteiger charge is 2.34. The molecule has 4 heterocycles. The van der Waals surface area contributed by atoms with Crippen molar-refractivity contribution < 1.29 is 9.53 Å². The van der Waals surface area contributed by atoms with Crippen molar-refractivity contribution in [1.82, 2.24) is 20.1 Å². The minimum absolute atomic E-state index is 0. The van der Waals surface area contributed by atoms with Crippen molar-refractivity contribution in [2.45, 2.75) is 51.1 Å². The van der Waals surface area contributed by atoms with Gasteiger partial charge in [-0.05, 0) is 50.7 Å². The van der Waals surface area contributed by atoms with Crippen LogP contribution in [-0.4, -0.2) is 32.8 Å². The van der Waals surface area contributed by atoms with Crippen molar-refractivity contribution in [3.05, 3.63) is 30.2 Å². The van der Waals surface area contributed by atoms with Crippen LogP contribution in [-0.2, 0) is 11.8 Å². The Morgan fingerprint density at radius 1 is 1.32 bits per heavy atom. The zero-order valence-electron chi connectivity index (χ0n) is 16.1. The Bertz CT molecular complexity index is 787. The molecular formula is C19H27Cl2N5O2. The number of carbonyl (C=O) groups excluding carboxylic acids is 1. The van der Waals surface area contributed by atoms with Gasteiger partial charge in [-0.25, -0.2) is 4.68 Å². The van der Waals surface area contributed by atoms with Crippen LogP contribution in [0.1, 0.15) is 37.8 Å². The predicted octanol–water partition coefficient (Wildman–Crippen LogP) is 3.62. The number of aromatic nitrogens is 3. The molecule has 2 fully saturated rings. The monoisotopic (exact) mass is 427 g/mol. The van der Waals surface area contributed by atoms with Crippen LogP contribution in [0.15, 0.2) is 24.5 Å². The van der Waals surface area contributed by atoms with E-state index in [4.69, 9.17) is 4.74 Å². The van der Waals surface area contributed by atoms with Crippen LogP contribution in [0.25, 0.3) is 0 Å². The summed E-state index contributed by atoms with van der Waals surface area (Å²) in [5.41, 5.74) is 1.38. The molecule has 2 saturated heterocycles. The second-order valence-corrected chi connectivity index (χ2v) is 7.41. The fourth-order valence-corrected chi connectivity index (χ4v) is 4.21. The average molecular weight is 428 g/mol. The molecule has 2 aromatic heterocycles. The van der Waals surface area contributed by atoms with Gasteiger partial charge in [0.2, 0.25) is 11.8 Å². The van der Waals surface area contributed by atoms with E-state index >= 15 is 0 Å². The number of ether oxygens (including phenoxy) is 1. The Hall–Kier alpha value is -1.83. The predicted molar refractivity (Wildman–Crippen MR) is 113 cm³/mol. The quantitative estimate of drug-likeness (QED) is 0.761. The second-order valence-electron chi connectivity index (χ2n) is 7.41. The van der Waals surface area contributed by atoms with E-state index in [0.717, 1.165) is 18.5 Å². The lowest BCUT2D eigenvalue weighted by Crippen LogP contribution is -2.39. The van der Waals surface area contributed by atoms with E-state index in [1.807, 2.05) is 19.1 Å². The van der Waals surface area contributed by atoms with Crippen molar-refractivity contribution in [1.29, 1.82) is 0 Å². The van der Waals surface area contributed by atoms with E-state index in [1.165, 1.54) is 12.8 Å². The van der Waals surface area contributed by atoms with Crippen molar-refractivity contribution >= 4 is 36.4 Å². The third-order valence-corrected chi connectivity index (χ3v) is 5.33. The first-order valence-electron chi connectivity index (χ1n) is 9.26. The van der Waals surface area contributed by atoms with Gasteiger partial charge in [0.15, 0.2) is 0 Å². The molecule has 28 heavy (non-hydrogen) atoms. The highest BCUT2D eigenvalue weighted by molar-refractivity contribution is 5.92. The molecule has 2 aromatic rings. The molecule has 7 nitrogen and oxygen atoms in total. The molecule has 0 spiro atoms. The molecule has 2 aliphatic rings. The Kier molecular flexibility index (Phi) is 7.69. The second kappa shape index (κ2) is 9.58. The van der Waals surface area contributed by atoms with E-state index in [1.54, 1.807) is 24.1 Å². The van der Waals surface area contributed by atoms with Gasteiger partial charge in [-0.2, -0.15) is 5.10 Å². The first-order valence-corrected chi connectivity index (χ1v) is 9.26. The van der Waals surface area contributed by atoms with Crippen LogP contribution in [0.4, 0.5) is 5.69 Å². The number of carbonyl (C=O) groups is 1. The molecule has 154 valence electrons. The number of nitrogens with one attached hydrogen (secondary N) is 2. The number of nitrogens with zero attached hydrogens (tertiary/aromatic N) is 3. The third kappa shape index (κ3) is 4.96. The average Bonchev–Trinajstić information content (AvgIpc) is 3.08. The number of pyridine rings is 1. The first kappa shape index (κ1) is 22.5. The van der Waals surface area contributed by atoms with Crippen molar-refractivity contribution in [2.75, 3.05) is 5.32 Å². The van der Waals surface area contributed by atoms with Crippen molar-refractivity contribution in [3.8, 4) is 11.6 Å². The van der Waals surface area contributed by atoms with Gasteiger partial charge in [0.25, 0.3) is 0 Å². The molecule has 2 aliphatic heterocycles.